The first kappa shape index (κ1) is 16.0. The van der Waals surface area contributed by atoms with E-state index >= 15 is 0 Å². The average Bonchev–Trinajstić information content (AvgIpc) is 2.43. The van der Waals surface area contributed by atoms with Crippen LogP contribution < -0.4 is 5.32 Å². The summed E-state index contributed by atoms with van der Waals surface area (Å²) in [6.45, 7) is 7.24. The number of nitrogens with one attached hydrogen (secondary N) is 1. The molecule has 1 rings (SSSR count). The number of hydrogen-bond donors (Lipinski definition) is 1. The van der Waals surface area contributed by atoms with E-state index in [-0.39, 0.29) is 19.1 Å². The third-order valence-corrected chi connectivity index (χ3v) is 2.65. The molecule has 1 amide bonds. The van der Waals surface area contributed by atoms with Crippen LogP contribution in [0.4, 0.5) is 4.79 Å². The van der Waals surface area contributed by atoms with Gasteiger partial charge in [0.15, 0.2) is 0 Å². The van der Waals surface area contributed by atoms with Gasteiger partial charge in [0, 0.05) is 0 Å². The van der Waals surface area contributed by atoms with Gasteiger partial charge in [-0.2, -0.15) is 0 Å². The van der Waals surface area contributed by atoms with Crippen LogP contribution in [0, 0.1) is 12.8 Å². The molecule has 0 aliphatic heterocycles. The van der Waals surface area contributed by atoms with Crippen LogP contribution in [0.1, 0.15) is 19.4 Å². The number of ether oxygens (including phenoxy) is 2. The fourth-order valence-corrected chi connectivity index (χ4v) is 1.58. The molecule has 5 nitrogen and oxygen atoms in total. The zero-order valence-electron chi connectivity index (χ0n) is 11.8. The molecule has 109 valence electrons. The van der Waals surface area contributed by atoms with Crippen molar-refractivity contribution >= 4 is 12.1 Å². The maximum absolute atomic E-state index is 11.7. The largest absolute Gasteiger partial charge is 0.464 e. The van der Waals surface area contributed by atoms with Crippen molar-refractivity contribution < 1.29 is 19.1 Å². The molecule has 0 heterocycles. The van der Waals surface area contributed by atoms with Gasteiger partial charge in [0.1, 0.15) is 12.6 Å². The van der Waals surface area contributed by atoms with Gasteiger partial charge in [-0.05, 0) is 18.4 Å². The Morgan fingerprint density at radius 1 is 1.20 bits per heavy atom. The molecule has 1 aromatic rings. The Bertz CT molecular complexity index is 431. The van der Waals surface area contributed by atoms with Crippen LogP contribution in [0.2, 0.25) is 0 Å². The number of carbonyl (C=O) groups is 2. The molecule has 0 bridgehead atoms. The molecule has 0 saturated heterocycles. The van der Waals surface area contributed by atoms with Crippen LogP contribution in [0.3, 0.4) is 0 Å². The summed E-state index contributed by atoms with van der Waals surface area (Å²) in [5, 5.41) is 2.51. The first-order chi connectivity index (χ1) is 9.54. The molecule has 5 heteroatoms. The van der Waals surface area contributed by atoms with E-state index in [2.05, 4.69) is 12.2 Å². The van der Waals surface area contributed by atoms with Gasteiger partial charge >= 0.3 is 12.1 Å². The molecule has 1 atom stereocenters. The molecule has 1 N–H and O–H groups in total. The van der Waals surface area contributed by atoms with Crippen molar-refractivity contribution in [3.8, 4) is 0 Å². The van der Waals surface area contributed by atoms with Crippen LogP contribution in [0.5, 0.6) is 0 Å². The lowest BCUT2D eigenvalue weighted by atomic mass is 10.1. The first-order valence-corrected chi connectivity index (χ1v) is 6.47. The summed E-state index contributed by atoms with van der Waals surface area (Å²) in [5.74, 6) is -0.606. The van der Waals surface area contributed by atoms with Gasteiger partial charge in [-0.15, -0.1) is 0 Å². The Labute approximate surface area is 119 Å². The van der Waals surface area contributed by atoms with E-state index in [0.717, 1.165) is 5.56 Å². The minimum Gasteiger partial charge on any atom is -0.464 e. The van der Waals surface area contributed by atoms with Gasteiger partial charge in [0.05, 0.1) is 6.61 Å². The third kappa shape index (κ3) is 5.30. The Kier molecular flexibility index (Phi) is 6.56. The molecule has 0 fully saturated rings. The van der Waals surface area contributed by atoms with Crippen LogP contribution in [0.15, 0.2) is 30.3 Å². The van der Waals surface area contributed by atoms with E-state index in [4.69, 9.17) is 9.47 Å². The van der Waals surface area contributed by atoms with Crippen molar-refractivity contribution in [1.82, 2.24) is 5.32 Å². The summed E-state index contributed by atoms with van der Waals surface area (Å²) in [5.41, 5.74) is 0.879. The maximum Gasteiger partial charge on any atom is 0.408 e. The van der Waals surface area contributed by atoms with E-state index in [1.807, 2.05) is 44.2 Å². The normalized spacial score (nSPS) is 11.8. The number of hydrogen-bond acceptors (Lipinski definition) is 4. The quantitative estimate of drug-likeness (QED) is 0.811. The standard InChI is InChI=1S/C15H20NO4/c1-4-19-14(17)13(11(2)3)16-15(18)20-10-12-8-6-5-7-9-12/h5-9,11,13H,1,4,10H2,2-3H3,(H,16,18). The van der Waals surface area contributed by atoms with E-state index in [0.29, 0.717) is 0 Å². The second-order valence-electron chi connectivity index (χ2n) is 4.60. The highest BCUT2D eigenvalue weighted by Gasteiger charge is 2.25. The van der Waals surface area contributed by atoms with Crippen molar-refractivity contribution in [2.45, 2.75) is 26.5 Å². The number of benzene rings is 1. The smallest absolute Gasteiger partial charge is 0.408 e. The fraction of sp³-hybridized carbons (Fsp3) is 0.400. The molecule has 0 spiro atoms. The topological polar surface area (TPSA) is 64.6 Å². The van der Waals surface area contributed by atoms with Gasteiger partial charge in [0.2, 0.25) is 0 Å². The number of alkyl carbamates (subject to hydrolysis) is 1. The second kappa shape index (κ2) is 8.19. The van der Waals surface area contributed by atoms with Crippen LogP contribution in [-0.4, -0.2) is 24.7 Å². The van der Waals surface area contributed by atoms with Crippen LogP contribution >= 0.6 is 0 Å². The molecule has 1 aromatic carbocycles. The highest BCUT2D eigenvalue weighted by Crippen LogP contribution is 2.06. The Morgan fingerprint density at radius 3 is 2.40 bits per heavy atom. The molecule has 0 aromatic heterocycles. The number of amides is 1. The van der Waals surface area contributed by atoms with Gasteiger partial charge in [-0.3, -0.25) is 0 Å². The average molecular weight is 278 g/mol. The van der Waals surface area contributed by atoms with E-state index < -0.39 is 18.1 Å². The predicted octanol–water partition coefficient (Wildman–Crippen LogP) is 2.31. The minimum atomic E-state index is -0.736. The maximum atomic E-state index is 11.7. The van der Waals surface area contributed by atoms with Crippen molar-refractivity contribution in [3.05, 3.63) is 42.8 Å². The monoisotopic (exact) mass is 278 g/mol. The Morgan fingerprint density at radius 2 is 1.85 bits per heavy atom. The number of carbonyl (C=O) groups excluding carboxylic acids is 2. The van der Waals surface area contributed by atoms with E-state index in [9.17, 15) is 9.59 Å². The summed E-state index contributed by atoms with van der Waals surface area (Å²) in [7, 11) is 0. The lowest BCUT2D eigenvalue weighted by Crippen LogP contribution is -2.45. The van der Waals surface area contributed by atoms with E-state index in [1.54, 1.807) is 0 Å². The molecule has 1 radical (unpaired) electrons. The van der Waals surface area contributed by atoms with Gasteiger partial charge < -0.3 is 14.8 Å². The zero-order valence-corrected chi connectivity index (χ0v) is 11.8. The third-order valence-electron chi connectivity index (χ3n) is 2.65. The number of esters is 1. The molecular formula is C15H20NO4. The Balaban J connectivity index is 2.48. The lowest BCUT2D eigenvalue weighted by Gasteiger charge is -2.20. The van der Waals surface area contributed by atoms with Crippen molar-refractivity contribution in [1.29, 1.82) is 0 Å². The fourth-order valence-electron chi connectivity index (χ4n) is 1.58. The summed E-state index contributed by atoms with van der Waals surface area (Å²) < 4.78 is 9.87. The van der Waals surface area contributed by atoms with Crippen molar-refractivity contribution in [3.63, 3.8) is 0 Å². The summed E-state index contributed by atoms with van der Waals surface area (Å²) >= 11 is 0. The first-order valence-electron chi connectivity index (χ1n) is 6.47. The molecule has 1 unspecified atom stereocenters. The molecule has 20 heavy (non-hydrogen) atoms. The second-order valence-corrected chi connectivity index (χ2v) is 4.60. The highest BCUT2D eigenvalue weighted by atomic mass is 16.6. The van der Waals surface area contributed by atoms with Gasteiger partial charge in [-0.25, -0.2) is 9.59 Å². The zero-order chi connectivity index (χ0) is 15.0. The minimum absolute atomic E-state index is 0.0306. The van der Waals surface area contributed by atoms with Crippen LogP contribution in [-0.2, 0) is 20.9 Å². The molecular weight excluding hydrogens is 258 g/mol. The predicted molar refractivity (Wildman–Crippen MR) is 74.7 cm³/mol. The van der Waals surface area contributed by atoms with Gasteiger partial charge in [0.25, 0.3) is 0 Å². The van der Waals surface area contributed by atoms with E-state index in [1.165, 1.54) is 0 Å². The highest BCUT2D eigenvalue weighted by molar-refractivity contribution is 5.81. The molecule has 0 saturated carbocycles. The lowest BCUT2D eigenvalue weighted by molar-refractivity contribution is -0.146. The van der Waals surface area contributed by atoms with Gasteiger partial charge in [-0.1, -0.05) is 44.2 Å². The summed E-state index contributed by atoms with van der Waals surface area (Å²) in [4.78, 5) is 23.3. The van der Waals surface area contributed by atoms with Crippen molar-refractivity contribution in [2.75, 3.05) is 6.61 Å². The molecule has 0 aliphatic rings. The summed E-state index contributed by atoms with van der Waals surface area (Å²) in [6, 6.07) is 8.57. The van der Waals surface area contributed by atoms with Crippen LogP contribution in [0.25, 0.3) is 0 Å². The summed E-state index contributed by atoms with van der Waals surface area (Å²) in [6.07, 6.45) is -0.645. The Hall–Kier alpha value is -2.04. The SMILES string of the molecule is [CH2]COC(=O)C(NC(=O)OCc1ccccc1)C(C)C. The molecule has 0 aliphatic carbocycles. The number of rotatable bonds is 6. The van der Waals surface area contributed by atoms with Crippen molar-refractivity contribution in [2.24, 2.45) is 5.92 Å².